The fourth-order valence-corrected chi connectivity index (χ4v) is 1.76. The first-order chi connectivity index (χ1) is 8.07. The average molecular weight is 252 g/mol. The third kappa shape index (κ3) is 3.49. The molecule has 0 bridgehead atoms. The van der Waals surface area contributed by atoms with E-state index in [0.29, 0.717) is 5.82 Å². The van der Waals surface area contributed by atoms with Crippen molar-refractivity contribution >= 4 is 17.8 Å². The third-order valence-corrected chi connectivity index (χ3v) is 2.83. The van der Waals surface area contributed by atoms with Gasteiger partial charge in [-0.1, -0.05) is 41.9 Å². The van der Waals surface area contributed by atoms with E-state index >= 15 is 0 Å². The van der Waals surface area contributed by atoms with Crippen LogP contribution < -0.4 is 5.73 Å². The van der Waals surface area contributed by atoms with E-state index in [4.69, 9.17) is 17.3 Å². The van der Waals surface area contributed by atoms with Crippen LogP contribution >= 0.6 is 11.6 Å². The minimum atomic E-state index is 0.159. The van der Waals surface area contributed by atoms with Gasteiger partial charge >= 0.3 is 0 Å². The number of nitrogens with zero attached hydrogens (tertiary/aromatic N) is 2. The number of hydrogen-bond acceptors (Lipinski definition) is 3. The van der Waals surface area contributed by atoms with Crippen LogP contribution in [0.5, 0.6) is 0 Å². The molecular formula is C13H18ClN3. The Morgan fingerprint density at radius 2 is 2.00 bits per heavy atom. The first-order valence-corrected chi connectivity index (χ1v) is 5.87. The van der Waals surface area contributed by atoms with Gasteiger partial charge in [0, 0.05) is 13.3 Å². The Labute approximate surface area is 108 Å². The molecule has 0 saturated carbocycles. The molecule has 0 radical (unpaired) electrons. The molecule has 17 heavy (non-hydrogen) atoms. The molecule has 1 atom stereocenters. The van der Waals surface area contributed by atoms with E-state index in [1.54, 1.807) is 6.21 Å². The van der Waals surface area contributed by atoms with Crippen LogP contribution in [-0.2, 0) is 0 Å². The van der Waals surface area contributed by atoms with Gasteiger partial charge in [-0.2, -0.15) is 0 Å². The Balaban J connectivity index is 2.97. The molecule has 0 heterocycles. The van der Waals surface area contributed by atoms with Gasteiger partial charge in [-0.05, 0) is 19.4 Å². The highest BCUT2D eigenvalue weighted by atomic mass is 35.5. The second-order valence-electron chi connectivity index (χ2n) is 3.76. The SMILES string of the molecule is C/C=N\C(=C(/N)Cl)N(C)C(C)c1ccccc1. The van der Waals surface area contributed by atoms with Crippen LogP contribution in [0.25, 0.3) is 0 Å². The molecule has 92 valence electrons. The van der Waals surface area contributed by atoms with Crippen molar-refractivity contribution in [1.82, 2.24) is 4.90 Å². The second-order valence-corrected chi connectivity index (χ2v) is 4.16. The summed E-state index contributed by atoms with van der Waals surface area (Å²) in [7, 11) is 1.93. The zero-order chi connectivity index (χ0) is 12.8. The maximum absolute atomic E-state index is 5.85. The fraction of sp³-hybridized carbons (Fsp3) is 0.308. The van der Waals surface area contributed by atoms with E-state index < -0.39 is 0 Å². The quantitative estimate of drug-likeness (QED) is 0.660. The molecule has 0 aliphatic carbocycles. The van der Waals surface area contributed by atoms with Gasteiger partial charge in [-0.25, -0.2) is 4.99 Å². The van der Waals surface area contributed by atoms with Crippen molar-refractivity contribution < 1.29 is 0 Å². The number of halogens is 1. The molecule has 2 N–H and O–H groups in total. The van der Waals surface area contributed by atoms with E-state index in [-0.39, 0.29) is 11.2 Å². The van der Waals surface area contributed by atoms with Gasteiger partial charge in [0.1, 0.15) is 5.16 Å². The molecule has 3 nitrogen and oxygen atoms in total. The van der Waals surface area contributed by atoms with Crippen molar-refractivity contribution in [2.45, 2.75) is 19.9 Å². The van der Waals surface area contributed by atoms with Gasteiger partial charge < -0.3 is 10.6 Å². The van der Waals surface area contributed by atoms with Crippen molar-refractivity contribution in [2.24, 2.45) is 10.7 Å². The highest BCUT2D eigenvalue weighted by Gasteiger charge is 2.15. The molecule has 0 amide bonds. The zero-order valence-corrected chi connectivity index (χ0v) is 11.1. The first-order valence-electron chi connectivity index (χ1n) is 5.49. The summed E-state index contributed by atoms with van der Waals surface area (Å²) in [6.07, 6.45) is 1.68. The monoisotopic (exact) mass is 251 g/mol. The largest absolute Gasteiger partial charge is 0.386 e. The molecule has 0 aliphatic rings. The Kier molecular flexibility index (Phi) is 5.04. The minimum absolute atomic E-state index is 0.159. The lowest BCUT2D eigenvalue weighted by Crippen LogP contribution is -2.23. The molecule has 1 aromatic rings. The number of hydrogen-bond donors (Lipinski definition) is 1. The van der Waals surface area contributed by atoms with E-state index in [2.05, 4.69) is 24.0 Å². The number of benzene rings is 1. The van der Waals surface area contributed by atoms with Crippen LogP contribution in [0.15, 0.2) is 46.3 Å². The Hall–Kier alpha value is -1.48. The van der Waals surface area contributed by atoms with Crippen molar-refractivity contribution in [2.75, 3.05) is 7.05 Å². The standard InChI is InChI=1S/C13H18ClN3/c1-4-16-13(12(14)15)17(3)10(2)11-8-6-5-7-9-11/h4-10H,15H2,1-3H3/b13-12+,16-4-. The van der Waals surface area contributed by atoms with Gasteiger partial charge in [-0.3, -0.25) is 0 Å². The molecule has 0 spiro atoms. The molecule has 1 rings (SSSR count). The molecule has 0 aliphatic heterocycles. The predicted molar refractivity (Wildman–Crippen MR) is 73.9 cm³/mol. The van der Waals surface area contributed by atoms with E-state index in [1.165, 1.54) is 5.56 Å². The maximum Gasteiger partial charge on any atom is 0.163 e. The highest BCUT2D eigenvalue weighted by Crippen LogP contribution is 2.24. The normalized spacial score (nSPS) is 14.6. The van der Waals surface area contributed by atoms with Crippen molar-refractivity contribution in [1.29, 1.82) is 0 Å². The summed E-state index contributed by atoms with van der Waals surface area (Å²) in [6, 6.07) is 10.3. The maximum atomic E-state index is 5.85. The van der Waals surface area contributed by atoms with Crippen LogP contribution in [-0.4, -0.2) is 18.2 Å². The molecule has 0 fully saturated rings. The molecule has 0 aromatic heterocycles. The minimum Gasteiger partial charge on any atom is -0.386 e. The van der Waals surface area contributed by atoms with Crippen LogP contribution in [0.4, 0.5) is 0 Å². The number of aliphatic imine (C=N–C) groups is 1. The summed E-state index contributed by atoms with van der Waals surface area (Å²) in [5, 5.41) is 0.202. The Bertz CT molecular complexity index is 408. The first kappa shape index (κ1) is 13.6. The predicted octanol–water partition coefficient (Wildman–Crippen LogP) is 3.09. The number of rotatable bonds is 4. The number of nitrogens with two attached hydrogens (primary N) is 1. The second kappa shape index (κ2) is 6.30. The Morgan fingerprint density at radius 3 is 2.47 bits per heavy atom. The third-order valence-electron chi connectivity index (χ3n) is 2.66. The summed E-state index contributed by atoms with van der Waals surface area (Å²) in [4.78, 5) is 6.15. The zero-order valence-electron chi connectivity index (χ0n) is 10.4. The van der Waals surface area contributed by atoms with E-state index in [9.17, 15) is 0 Å². The smallest absolute Gasteiger partial charge is 0.163 e. The van der Waals surface area contributed by atoms with E-state index in [0.717, 1.165) is 0 Å². The van der Waals surface area contributed by atoms with Crippen LogP contribution in [0, 0.1) is 0 Å². The van der Waals surface area contributed by atoms with Crippen molar-refractivity contribution in [3.8, 4) is 0 Å². The lowest BCUT2D eigenvalue weighted by Gasteiger charge is -2.27. The molecular weight excluding hydrogens is 234 g/mol. The van der Waals surface area contributed by atoms with Gasteiger partial charge in [0.15, 0.2) is 5.82 Å². The van der Waals surface area contributed by atoms with Crippen LogP contribution in [0.3, 0.4) is 0 Å². The molecule has 4 heteroatoms. The van der Waals surface area contributed by atoms with Crippen LogP contribution in [0.2, 0.25) is 0 Å². The van der Waals surface area contributed by atoms with Gasteiger partial charge in [0.2, 0.25) is 0 Å². The lowest BCUT2D eigenvalue weighted by atomic mass is 10.1. The molecule has 1 unspecified atom stereocenters. The molecule has 1 aromatic carbocycles. The van der Waals surface area contributed by atoms with Gasteiger partial charge in [0.25, 0.3) is 0 Å². The highest BCUT2D eigenvalue weighted by molar-refractivity contribution is 6.29. The van der Waals surface area contributed by atoms with Gasteiger partial charge in [-0.15, -0.1) is 0 Å². The summed E-state index contributed by atoms with van der Waals surface area (Å²) in [5.74, 6) is 0.588. The van der Waals surface area contributed by atoms with Crippen molar-refractivity contribution in [3.05, 3.63) is 46.9 Å². The van der Waals surface area contributed by atoms with E-state index in [1.807, 2.05) is 37.1 Å². The summed E-state index contributed by atoms with van der Waals surface area (Å²) < 4.78 is 0. The topological polar surface area (TPSA) is 41.6 Å². The Morgan fingerprint density at radius 1 is 1.41 bits per heavy atom. The van der Waals surface area contributed by atoms with Crippen LogP contribution in [0.1, 0.15) is 25.5 Å². The fourth-order valence-electron chi connectivity index (χ4n) is 1.58. The lowest BCUT2D eigenvalue weighted by molar-refractivity contribution is 0.326. The summed E-state index contributed by atoms with van der Waals surface area (Å²) >= 11 is 5.85. The van der Waals surface area contributed by atoms with Gasteiger partial charge in [0.05, 0.1) is 6.04 Å². The summed E-state index contributed by atoms with van der Waals surface area (Å²) in [5.41, 5.74) is 6.82. The summed E-state index contributed by atoms with van der Waals surface area (Å²) in [6.45, 7) is 3.92. The molecule has 0 saturated heterocycles. The van der Waals surface area contributed by atoms with Crippen molar-refractivity contribution in [3.63, 3.8) is 0 Å². The average Bonchev–Trinajstić information content (AvgIpc) is 2.35.